The number of carbonyl (C=O) groups is 1. The number of anilines is 2. The molecule has 1 N–H and O–H groups in total. The molecule has 2 rings (SSSR count). The van der Waals surface area contributed by atoms with Gasteiger partial charge >= 0.3 is 6.03 Å². The molecule has 0 saturated heterocycles. The molecule has 19 heavy (non-hydrogen) atoms. The van der Waals surface area contributed by atoms with Crippen molar-refractivity contribution in [3.05, 3.63) is 59.1 Å². The van der Waals surface area contributed by atoms with Crippen LogP contribution in [0.5, 0.6) is 0 Å². The van der Waals surface area contributed by atoms with Crippen molar-refractivity contribution in [2.24, 2.45) is 0 Å². The fraction of sp³-hybridized carbons (Fsp3) is 0.133. The Bertz CT molecular complexity index is 598. The summed E-state index contributed by atoms with van der Waals surface area (Å²) in [5.41, 5.74) is 2.58. The number of aryl methyl sites for hydroxylation is 1. The summed E-state index contributed by atoms with van der Waals surface area (Å²) in [5, 5.41) is 3.48. The molecule has 2 amide bonds. The highest BCUT2D eigenvalue weighted by molar-refractivity contribution is 6.30. The molecule has 0 spiro atoms. The number of nitrogens with one attached hydrogen (secondary N) is 1. The second-order valence-electron chi connectivity index (χ2n) is 4.28. The standard InChI is InChI=1S/C15H15ClN2O/c1-11-6-3-4-9-14(11)17-15(19)18(2)13-8-5-7-12(16)10-13/h3-10H,1-2H3,(H,17,19). The Morgan fingerprint density at radius 2 is 1.89 bits per heavy atom. The van der Waals surface area contributed by atoms with Crippen LogP contribution >= 0.6 is 11.6 Å². The Hall–Kier alpha value is -2.00. The molecule has 2 aromatic rings. The zero-order valence-corrected chi connectivity index (χ0v) is 11.6. The molecule has 0 fully saturated rings. The SMILES string of the molecule is Cc1ccccc1NC(=O)N(C)c1cccc(Cl)c1. The van der Waals surface area contributed by atoms with Gasteiger partial charge in [0, 0.05) is 23.4 Å². The van der Waals surface area contributed by atoms with Crippen molar-refractivity contribution >= 4 is 29.0 Å². The van der Waals surface area contributed by atoms with E-state index in [-0.39, 0.29) is 6.03 Å². The van der Waals surface area contributed by atoms with Crippen LogP contribution in [0.1, 0.15) is 5.56 Å². The van der Waals surface area contributed by atoms with Gasteiger partial charge in [0.15, 0.2) is 0 Å². The van der Waals surface area contributed by atoms with Crippen LogP contribution in [-0.4, -0.2) is 13.1 Å². The minimum Gasteiger partial charge on any atom is -0.307 e. The van der Waals surface area contributed by atoms with E-state index >= 15 is 0 Å². The number of hydrogen-bond acceptors (Lipinski definition) is 1. The number of halogens is 1. The second-order valence-corrected chi connectivity index (χ2v) is 4.72. The molecule has 98 valence electrons. The van der Waals surface area contributed by atoms with Crippen molar-refractivity contribution in [2.45, 2.75) is 6.92 Å². The summed E-state index contributed by atoms with van der Waals surface area (Å²) >= 11 is 5.92. The van der Waals surface area contributed by atoms with Crippen molar-refractivity contribution in [3.63, 3.8) is 0 Å². The van der Waals surface area contributed by atoms with E-state index in [1.165, 1.54) is 4.90 Å². The van der Waals surface area contributed by atoms with Gasteiger partial charge in [-0.25, -0.2) is 4.79 Å². The zero-order valence-electron chi connectivity index (χ0n) is 10.9. The molecule has 0 aliphatic carbocycles. The fourth-order valence-corrected chi connectivity index (χ4v) is 1.90. The van der Waals surface area contributed by atoms with Crippen molar-refractivity contribution in [2.75, 3.05) is 17.3 Å². The van der Waals surface area contributed by atoms with Gasteiger partial charge in [-0.3, -0.25) is 4.90 Å². The minimum absolute atomic E-state index is 0.198. The number of nitrogens with zero attached hydrogens (tertiary/aromatic N) is 1. The third-order valence-corrected chi connectivity index (χ3v) is 3.12. The molecule has 0 atom stereocenters. The number of amides is 2. The Kier molecular flexibility index (Phi) is 4.07. The predicted molar refractivity (Wildman–Crippen MR) is 80.1 cm³/mol. The van der Waals surface area contributed by atoms with Gasteiger partial charge in [0.05, 0.1) is 0 Å². The smallest absolute Gasteiger partial charge is 0.307 e. The Labute approximate surface area is 117 Å². The predicted octanol–water partition coefficient (Wildman–Crippen LogP) is 4.32. The quantitative estimate of drug-likeness (QED) is 0.869. The Morgan fingerprint density at radius 3 is 2.58 bits per heavy atom. The van der Waals surface area contributed by atoms with Gasteiger partial charge in [-0.05, 0) is 36.8 Å². The van der Waals surface area contributed by atoms with Crippen LogP contribution in [0, 0.1) is 6.92 Å². The van der Waals surface area contributed by atoms with E-state index in [9.17, 15) is 4.79 Å². The van der Waals surface area contributed by atoms with Crippen LogP contribution < -0.4 is 10.2 Å². The number of urea groups is 1. The van der Waals surface area contributed by atoms with E-state index in [0.29, 0.717) is 5.02 Å². The molecule has 0 heterocycles. The van der Waals surface area contributed by atoms with Gasteiger partial charge in [-0.1, -0.05) is 35.9 Å². The van der Waals surface area contributed by atoms with Crippen LogP contribution in [0.3, 0.4) is 0 Å². The van der Waals surface area contributed by atoms with Crippen molar-refractivity contribution in [3.8, 4) is 0 Å². The van der Waals surface area contributed by atoms with Crippen molar-refractivity contribution in [1.29, 1.82) is 0 Å². The summed E-state index contributed by atoms with van der Waals surface area (Å²) in [7, 11) is 1.71. The summed E-state index contributed by atoms with van der Waals surface area (Å²) in [6, 6.07) is 14.6. The highest BCUT2D eigenvalue weighted by Crippen LogP contribution is 2.20. The lowest BCUT2D eigenvalue weighted by Gasteiger charge is -2.19. The van der Waals surface area contributed by atoms with Crippen LogP contribution in [0.25, 0.3) is 0 Å². The topological polar surface area (TPSA) is 32.3 Å². The number of carbonyl (C=O) groups excluding carboxylic acids is 1. The number of hydrogen-bond donors (Lipinski definition) is 1. The molecule has 0 aliphatic heterocycles. The van der Waals surface area contributed by atoms with E-state index in [0.717, 1.165) is 16.9 Å². The highest BCUT2D eigenvalue weighted by Gasteiger charge is 2.11. The summed E-state index contributed by atoms with van der Waals surface area (Å²) in [6.07, 6.45) is 0. The number of benzene rings is 2. The first kappa shape index (κ1) is 13.4. The molecule has 3 nitrogen and oxygen atoms in total. The maximum Gasteiger partial charge on any atom is 0.326 e. The van der Waals surface area contributed by atoms with E-state index in [2.05, 4.69) is 5.32 Å². The lowest BCUT2D eigenvalue weighted by atomic mass is 10.2. The van der Waals surface area contributed by atoms with Gasteiger partial charge in [0.2, 0.25) is 0 Å². The maximum absolute atomic E-state index is 12.1. The molecule has 0 radical (unpaired) electrons. The molecule has 0 saturated carbocycles. The molecular weight excluding hydrogens is 260 g/mol. The largest absolute Gasteiger partial charge is 0.326 e. The molecule has 0 bridgehead atoms. The van der Waals surface area contributed by atoms with E-state index < -0.39 is 0 Å². The minimum atomic E-state index is -0.198. The van der Waals surface area contributed by atoms with Gasteiger partial charge in [-0.15, -0.1) is 0 Å². The van der Waals surface area contributed by atoms with Crippen LogP contribution in [0.15, 0.2) is 48.5 Å². The zero-order chi connectivity index (χ0) is 13.8. The maximum atomic E-state index is 12.1. The van der Waals surface area contributed by atoms with Crippen LogP contribution in [0.4, 0.5) is 16.2 Å². The van der Waals surface area contributed by atoms with Crippen molar-refractivity contribution in [1.82, 2.24) is 0 Å². The van der Waals surface area contributed by atoms with E-state index in [1.54, 1.807) is 19.2 Å². The lowest BCUT2D eigenvalue weighted by molar-refractivity contribution is 0.258. The number of para-hydroxylation sites is 1. The van der Waals surface area contributed by atoms with Crippen LogP contribution in [0.2, 0.25) is 5.02 Å². The third-order valence-electron chi connectivity index (χ3n) is 2.89. The Morgan fingerprint density at radius 1 is 1.16 bits per heavy atom. The molecular formula is C15H15ClN2O. The summed E-state index contributed by atoms with van der Waals surface area (Å²) in [4.78, 5) is 13.7. The average molecular weight is 275 g/mol. The third kappa shape index (κ3) is 3.26. The van der Waals surface area contributed by atoms with E-state index in [4.69, 9.17) is 11.6 Å². The Balaban J connectivity index is 2.14. The fourth-order valence-electron chi connectivity index (χ4n) is 1.71. The summed E-state index contributed by atoms with van der Waals surface area (Å²) in [5.74, 6) is 0. The summed E-state index contributed by atoms with van der Waals surface area (Å²) in [6.45, 7) is 1.95. The normalized spacial score (nSPS) is 10.1. The van der Waals surface area contributed by atoms with E-state index in [1.807, 2.05) is 43.3 Å². The molecule has 0 aliphatic rings. The first-order chi connectivity index (χ1) is 9.08. The van der Waals surface area contributed by atoms with Gasteiger partial charge in [0.25, 0.3) is 0 Å². The first-order valence-electron chi connectivity index (χ1n) is 5.94. The number of rotatable bonds is 2. The molecule has 2 aromatic carbocycles. The highest BCUT2D eigenvalue weighted by atomic mass is 35.5. The molecule has 0 unspecified atom stereocenters. The first-order valence-corrected chi connectivity index (χ1v) is 6.31. The van der Waals surface area contributed by atoms with Crippen LogP contribution in [-0.2, 0) is 0 Å². The lowest BCUT2D eigenvalue weighted by Crippen LogP contribution is -2.31. The van der Waals surface area contributed by atoms with Crippen molar-refractivity contribution < 1.29 is 4.79 Å². The monoisotopic (exact) mass is 274 g/mol. The molecule has 0 aromatic heterocycles. The van der Waals surface area contributed by atoms with Gasteiger partial charge in [0.1, 0.15) is 0 Å². The summed E-state index contributed by atoms with van der Waals surface area (Å²) < 4.78 is 0. The average Bonchev–Trinajstić information content (AvgIpc) is 2.40. The molecule has 4 heteroatoms. The second kappa shape index (κ2) is 5.76. The van der Waals surface area contributed by atoms with Gasteiger partial charge < -0.3 is 5.32 Å². The van der Waals surface area contributed by atoms with Gasteiger partial charge in [-0.2, -0.15) is 0 Å².